The van der Waals surface area contributed by atoms with Crippen molar-refractivity contribution >= 4 is 0 Å². The molecular formula is C17H23N3O. The molecule has 1 aromatic carbocycles. The van der Waals surface area contributed by atoms with Gasteiger partial charge in [0.15, 0.2) is 0 Å². The average Bonchev–Trinajstić information content (AvgIpc) is 3.10. The predicted molar refractivity (Wildman–Crippen MR) is 83.7 cm³/mol. The van der Waals surface area contributed by atoms with E-state index in [0.717, 1.165) is 37.6 Å². The van der Waals surface area contributed by atoms with Gasteiger partial charge in [0.25, 0.3) is 0 Å². The van der Waals surface area contributed by atoms with Gasteiger partial charge in [0.1, 0.15) is 11.6 Å². The van der Waals surface area contributed by atoms with Crippen molar-refractivity contribution in [1.29, 1.82) is 0 Å². The maximum absolute atomic E-state index is 5.85. The van der Waals surface area contributed by atoms with Crippen LogP contribution >= 0.6 is 0 Å². The fourth-order valence-corrected chi connectivity index (χ4v) is 3.00. The second-order valence-electron chi connectivity index (χ2n) is 5.67. The van der Waals surface area contributed by atoms with Crippen molar-refractivity contribution < 1.29 is 4.74 Å². The van der Waals surface area contributed by atoms with Crippen LogP contribution in [0.5, 0.6) is 5.75 Å². The van der Waals surface area contributed by atoms with Crippen LogP contribution in [-0.4, -0.2) is 28.7 Å². The largest absolute Gasteiger partial charge is 0.493 e. The van der Waals surface area contributed by atoms with E-state index in [2.05, 4.69) is 47.0 Å². The Morgan fingerprint density at radius 2 is 2.29 bits per heavy atom. The van der Waals surface area contributed by atoms with Crippen molar-refractivity contribution in [3.8, 4) is 5.75 Å². The first-order valence-corrected chi connectivity index (χ1v) is 7.71. The monoisotopic (exact) mass is 285 g/mol. The van der Waals surface area contributed by atoms with Crippen LogP contribution in [0.2, 0.25) is 0 Å². The van der Waals surface area contributed by atoms with E-state index in [0.29, 0.717) is 12.0 Å². The Bertz CT molecular complexity index is 593. The number of hydrogen-bond donors (Lipinski definition) is 1. The first-order chi connectivity index (χ1) is 10.3. The Balaban J connectivity index is 1.81. The molecule has 21 heavy (non-hydrogen) atoms. The fourth-order valence-electron chi connectivity index (χ4n) is 3.00. The summed E-state index contributed by atoms with van der Waals surface area (Å²) in [6.07, 6.45) is 5.93. The lowest BCUT2D eigenvalue weighted by Gasteiger charge is -2.24. The Morgan fingerprint density at radius 3 is 3.05 bits per heavy atom. The predicted octanol–water partition coefficient (Wildman–Crippen LogP) is 2.51. The van der Waals surface area contributed by atoms with E-state index >= 15 is 0 Å². The summed E-state index contributed by atoms with van der Waals surface area (Å²) >= 11 is 0. The van der Waals surface area contributed by atoms with Crippen LogP contribution in [0.1, 0.15) is 30.7 Å². The zero-order valence-electron chi connectivity index (χ0n) is 12.7. The average molecular weight is 285 g/mol. The van der Waals surface area contributed by atoms with E-state index in [1.54, 1.807) is 0 Å². The normalized spacial score (nSPS) is 18.3. The number of nitrogens with zero attached hydrogens (tertiary/aromatic N) is 2. The topological polar surface area (TPSA) is 39.1 Å². The van der Waals surface area contributed by atoms with Crippen molar-refractivity contribution in [2.75, 3.05) is 13.2 Å². The Hall–Kier alpha value is -1.81. The van der Waals surface area contributed by atoms with Crippen LogP contribution < -0.4 is 10.1 Å². The number of imidazole rings is 1. The van der Waals surface area contributed by atoms with E-state index in [-0.39, 0.29) is 0 Å². The standard InChI is InChI=1S/C17H23N3O/c1-3-8-18-15(11-17-19-9-10-20(17)2)14-12-21-16-7-5-4-6-13(14)16/h4-7,9-10,14-15,18H,3,8,11-12H2,1-2H3. The molecule has 3 rings (SSSR count). The summed E-state index contributed by atoms with van der Waals surface area (Å²) in [7, 11) is 2.05. The molecule has 0 bridgehead atoms. The third-order valence-electron chi connectivity index (χ3n) is 4.20. The second kappa shape index (κ2) is 6.31. The van der Waals surface area contributed by atoms with Gasteiger partial charge in [-0.05, 0) is 19.0 Å². The lowest BCUT2D eigenvalue weighted by Crippen LogP contribution is -2.38. The lowest BCUT2D eigenvalue weighted by atomic mass is 9.91. The number of fused-ring (bicyclic) bond motifs is 1. The number of ether oxygens (including phenoxy) is 1. The molecule has 2 atom stereocenters. The van der Waals surface area contributed by atoms with Gasteiger partial charge in [-0.1, -0.05) is 25.1 Å². The molecule has 4 heteroatoms. The van der Waals surface area contributed by atoms with Crippen molar-refractivity contribution in [1.82, 2.24) is 14.9 Å². The molecule has 112 valence electrons. The molecule has 0 spiro atoms. The van der Waals surface area contributed by atoms with Crippen LogP contribution in [0, 0.1) is 0 Å². The molecule has 0 saturated carbocycles. The number of para-hydroxylation sites is 1. The summed E-state index contributed by atoms with van der Waals surface area (Å²) in [6, 6.07) is 8.74. The molecule has 0 amide bonds. The molecule has 1 aliphatic heterocycles. The maximum atomic E-state index is 5.85. The molecule has 0 aliphatic carbocycles. The molecule has 0 radical (unpaired) electrons. The molecule has 2 aromatic rings. The fraction of sp³-hybridized carbons (Fsp3) is 0.471. The minimum absolute atomic E-state index is 0.356. The van der Waals surface area contributed by atoms with Gasteiger partial charge in [0.2, 0.25) is 0 Å². The molecule has 2 unspecified atom stereocenters. The van der Waals surface area contributed by atoms with Crippen LogP contribution in [0.3, 0.4) is 0 Å². The molecule has 1 aromatic heterocycles. The van der Waals surface area contributed by atoms with Crippen LogP contribution in [0.15, 0.2) is 36.7 Å². The minimum atomic E-state index is 0.356. The number of aryl methyl sites for hydroxylation is 1. The second-order valence-corrected chi connectivity index (χ2v) is 5.67. The molecule has 2 heterocycles. The minimum Gasteiger partial charge on any atom is -0.493 e. The molecule has 1 aliphatic rings. The van der Waals surface area contributed by atoms with Crippen LogP contribution in [0.4, 0.5) is 0 Å². The maximum Gasteiger partial charge on any atom is 0.122 e. The zero-order valence-corrected chi connectivity index (χ0v) is 12.7. The number of aromatic nitrogens is 2. The molecule has 0 saturated heterocycles. The summed E-state index contributed by atoms with van der Waals surface area (Å²) in [6.45, 7) is 3.98. The summed E-state index contributed by atoms with van der Waals surface area (Å²) < 4.78 is 7.95. The quantitative estimate of drug-likeness (QED) is 0.886. The Labute approximate surface area is 126 Å². The van der Waals surface area contributed by atoms with E-state index in [1.165, 1.54) is 5.56 Å². The van der Waals surface area contributed by atoms with Crippen molar-refractivity contribution in [2.45, 2.75) is 31.7 Å². The first kappa shape index (κ1) is 14.1. The van der Waals surface area contributed by atoms with Gasteiger partial charge in [0, 0.05) is 43.4 Å². The van der Waals surface area contributed by atoms with E-state index in [1.807, 2.05) is 18.5 Å². The number of rotatable bonds is 6. The SMILES string of the molecule is CCCNC(Cc1nccn1C)C1COc2ccccc21. The van der Waals surface area contributed by atoms with Gasteiger partial charge >= 0.3 is 0 Å². The highest BCUT2D eigenvalue weighted by atomic mass is 16.5. The zero-order chi connectivity index (χ0) is 14.7. The van der Waals surface area contributed by atoms with Gasteiger partial charge in [0.05, 0.1) is 6.61 Å². The highest BCUT2D eigenvalue weighted by Gasteiger charge is 2.31. The van der Waals surface area contributed by atoms with Gasteiger partial charge in [-0.25, -0.2) is 4.98 Å². The summed E-state index contributed by atoms with van der Waals surface area (Å²) in [5.41, 5.74) is 1.32. The van der Waals surface area contributed by atoms with Gasteiger partial charge < -0.3 is 14.6 Å². The highest BCUT2D eigenvalue weighted by molar-refractivity contribution is 5.40. The third kappa shape index (κ3) is 2.95. The van der Waals surface area contributed by atoms with E-state index in [4.69, 9.17) is 4.74 Å². The van der Waals surface area contributed by atoms with Crippen LogP contribution in [-0.2, 0) is 13.5 Å². The van der Waals surface area contributed by atoms with E-state index < -0.39 is 0 Å². The Kier molecular flexibility index (Phi) is 4.25. The number of hydrogen-bond acceptors (Lipinski definition) is 3. The number of benzene rings is 1. The Morgan fingerprint density at radius 1 is 1.43 bits per heavy atom. The summed E-state index contributed by atoms with van der Waals surface area (Å²) in [5, 5.41) is 3.68. The lowest BCUT2D eigenvalue weighted by molar-refractivity contribution is 0.295. The first-order valence-electron chi connectivity index (χ1n) is 7.71. The van der Waals surface area contributed by atoms with Gasteiger partial charge in [-0.2, -0.15) is 0 Å². The molecular weight excluding hydrogens is 262 g/mol. The van der Waals surface area contributed by atoms with E-state index in [9.17, 15) is 0 Å². The van der Waals surface area contributed by atoms with Crippen molar-refractivity contribution in [2.24, 2.45) is 7.05 Å². The molecule has 4 nitrogen and oxygen atoms in total. The third-order valence-corrected chi connectivity index (χ3v) is 4.20. The van der Waals surface area contributed by atoms with Crippen LogP contribution in [0.25, 0.3) is 0 Å². The molecule has 0 fully saturated rings. The number of nitrogens with one attached hydrogen (secondary N) is 1. The van der Waals surface area contributed by atoms with Gasteiger partial charge in [-0.3, -0.25) is 0 Å². The summed E-state index contributed by atoms with van der Waals surface area (Å²) in [5.74, 6) is 2.54. The van der Waals surface area contributed by atoms with Gasteiger partial charge in [-0.15, -0.1) is 0 Å². The smallest absolute Gasteiger partial charge is 0.122 e. The van der Waals surface area contributed by atoms with Crippen molar-refractivity contribution in [3.05, 3.63) is 48.0 Å². The summed E-state index contributed by atoms with van der Waals surface area (Å²) in [4.78, 5) is 4.47. The van der Waals surface area contributed by atoms with Crippen molar-refractivity contribution in [3.63, 3.8) is 0 Å². The highest BCUT2D eigenvalue weighted by Crippen LogP contribution is 2.36. The molecule has 1 N–H and O–H groups in total.